The van der Waals surface area contributed by atoms with Crippen LogP contribution in [0, 0.1) is 0 Å². The lowest BCUT2D eigenvalue weighted by molar-refractivity contribution is 0.0693. The summed E-state index contributed by atoms with van der Waals surface area (Å²) in [6.45, 7) is 6.20. The van der Waals surface area contributed by atoms with E-state index in [9.17, 15) is 4.79 Å². The molecule has 1 aliphatic rings. The van der Waals surface area contributed by atoms with Gasteiger partial charge in [0.15, 0.2) is 0 Å². The maximum atomic E-state index is 12.3. The van der Waals surface area contributed by atoms with E-state index in [0.29, 0.717) is 12.1 Å². The van der Waals surface area contributed by atoms with Crippen LogP contribution in [-0.2, 0) is 0 Å². The molecule has 19 heavy (non-hydrogen) atoms. The Morgan fingerprint density at radius 2 is 2.32 bits per heavy atom. The molecule has 1 aliphatic heterocycles. The number of likely N-dealkylation sites (tertiary alicyclic amines) is 1. The zero-order valence-electron chi connectivity index (χ0n) is 11.9. The molecule has 0 aromatic carbocycles. The van der Waals surface area contributed by atoms with E-state index in [0.717, 1.165) is 37.2 Å². The molecule has 0 bridgehead atoms. The molecular formula is C15H24N2OS. The molecule has 1 amide bonds. The maximum Gasteiger partial charge on any atom is 0.263 e. The molecule has 1 fully saturated rings. The Morgan fingerprint density at radius 3 is 2.95 bits per heavy atom. The van der Waals surface area contributed by atoms with Gasteiger partial charge in [-0.1, -0.05) is 19.9 Å². The van der Waals surface area contributed by atoms with Crippen LogP contribution in [0.2, 0.25) is 0 Å². The third kappa shape index (κ3) is 3.80. The van der Waals surface area contributed by atoms with Crippen molar-refractivity contribution >= 4 is 17.2 Å². The van der Waals surface area contributed by atoms with Crippen molar-refractivity contribution in [2.75, 3.05) is 13.1 Å². The normalized spacial score (nSPS) is 19.9. The second-order valence-corrected chi connectivity index (χ2v) is 6.20. The smallest absolute Gasteiger partial charge is 0.263 e. The van der Waals surface area contributed by atoms with Crippen LogP contribution < -0.4 is 5.32 Å². The van der Waals surface area contributed by atoms with Gasteiger partial charge in [0.05, 0.1) is 4.88 Å². The van der Waals surface area contributed by atoms with Crippen molar-refractivity contribution in [1.82, 2.24) is 10.2 Å². The lowest BCUT2D eigenvalue weighted by atomic mass is 10.0. The molecule has 0 aliphatic carbocycles. The molecule has 1 saturated heterocycles. The van der Waals surface area contributed by atoms with Crippen LogP contribution >= 0.6 is 11.3 Å². The first-order chi connectivity index (χ1) is 9.24. The second kappa shape index (κ2) is 7.06. The van der Waals surface area contributed by atoms with Gasteiger partial charge in [0.2, 0.25) is 0 Å². The summed E-state index contributed by atoms with van der Waals surface area (Å²) in [5, 5.41) is 5.66. The Kier molecular flexibility index (Phi) is 5.40. The van der Waals surface area contributed by atoms with Crippen LogP contribution in [0.5, 0.6) is 0 Å². The molecule has 1 unspecified atom stereocenters. The molecule has 0 spiro atoms. The highest BCUT2D eigenvalue weighted by Crippen LogP contribution is 2.17. The Bertz CT molecular complexity index is 387. The molecule has 1 aromatic heterocycles. The molecule has 4 heteroatoms. The van der Waals surface area contributed by atoms with E-state index in [2.05, 4.69) is 19.2 Å². The molecule has 3 nitrogen and oxygen atoms in total. The number of hydrogen-bond acceptors (Lipinski definition) is 3. The van der Waals surface area contributed by atoms with E-state index in [-0.39, 0.29) is 5.91 Å². The third-order valence-electron chi connectivity index (χ3n) is 3.90. The lowest BCUT2D eigenvalue weighted by Crippen LogP contribution is -2.50. The first-order valence-corrected chi connectivity index (χ1v) is 8.21. The second-order valence-electron chi connectivity index (χ2n) is 5.25. The summed E-state index contributed by atoms with van der Waals surface area (Å²) in [5.74, 6) is 0.200. The van der Waals surface area contributed by atoms with Crippen molar-refractivity contribution in [3.63, 3.8) is 0 Å². The molecule has 2 heterocycles. The average molecular weight is 280 g/mol. The average Bonchev–Trinajstić information content (AvgIpc) is 2.98. The fourth-order valence-corrected chi connectivity index (χ4v) is 3.40. The first-order valence-electron chi connectivity index (χ1n) is 7.33. The number of carbonyl (C=O) groups is 1. The predicted molar refractivity (Wildman–Crippen MR) is 80.8 cm³/mol. The summed E-state index contributed by atoms with van der Waals surface area (Å²) in [6, 6.07) is 4.91. The highest BCUT2D eigenvalue weighted by atomic mass is 32.1. The van der Waals surface area contributed by atoms with E-state index in [1.54, 1.807) is 0 Å². The van der Waals surface area contributed by atoms with Crippen molar-refractivity contribution < 1.29 is 4.79 Å². The SMILES string of the molecule is CCC(CC)NC1CCCN(C(=O)c2cccs2)C1. The number of piperidine rings is 1. The van der Waals surface area contributed by atoms with Gasteiger partial charge in [-0.05, 0) is 37.1 Å². The maximum absolute atomic E-state index is 12.3. The minimum absolute atomic E-state index is 0.200. The predicted octanol–water partition coefficient (Wildman–Crippen LogP) is 3.13. The molecule has 2 rings (SSSR count). The standard InChI is InChI=1S/C15H24N2OS/c1-3-12(4-2)16-13-7-5-9-17(11-13)15(18)14-8-6-10-19-14/h6,8,10,12-13,16H,3-5,7,9,11H2,1-2H3. The van der Waals surface area contributed by atoms with Crippen LogP contribution in [-0.4, -0.2) is 36.0 Å². The van der Waals surface area contributed by atoms with Gasteiger partial charge < -0.3 is 10.2 Å². The first kappa shape index (κ1) is 14.5. The van der Waals surface area contributed by atoms with Gasteiger partial charge in [0.1, 0.15) is 0 Å². The minimum atomic E-state index is 0.200. The lowest BCUT2D eigenvalue weighted by Gasteiger charge is -2.35. The Hall–Kier alpha value is -0.870. The van der Waals surface area contributed by atoms with E-state index in [4.69, 9.17) is 0 Å². The molecular weight excluding hydrogens is 256 g/mol. The Balaban J connectivity index is 1.91. The molecule has 106 valence electrons. The number of nitrogens with zero attached hydrogens (tertiary/aromatic N) is 1. The van der Waals surface area contributed by atoms with Crippen LogP contribution in [0.1, 0.15) is 49.2 Å². The zero-order valence-corrected chi connectivity index (χ0v) is 12.7. The van der Waals surface area contributed by atoms with Crippen molar-refractivity contribution in [2.45, 2.75) is 51.6 Å². The Morgan fingerprint density at radius 1 is 1.53 bits per heavy atom. The molecule has 0 radical (unpaired) electrons. The van der Waals surface area contributed by atoms with E-state index < -0.39 is 0 Å². The summed E-state index contributed by atoms with van der Waals surface area (Å²) < 4.78 is 0. The Labute approximate surface area is 120 Å². The number of hydrogen-bond donors (Lipinski definition) is 1. The number of amides is 1. The van der Waals surface area contributed by atoms with Gasteiger partial charge in [-0.2, -0.15) is 0 Å². The van der Waals surface area contributed by atoms with Crippen molar-refractivity contribution in [1.29, 1.82) is 0 Å². The number of rotatable bonds is 5. The monoisotopic (exact) mass is 280 g/mol. The van der Waals surface area contributed by atoms with Crippen molar-refractivity contribution in [3.05, 3.63) is 22.4 Å². The van der Waals surface area contributed by atoms with E-state index in [1.165, 1.54) is 17.8 Å². The summed E-state index contributed by atoms with van der Waals surface area (Å²) in [6.07, 6.45) is 4.61. The largest absolute Gasteiger partial charge is 0.336 e. The van der Waals surface area contributed by atoms with Crippen LogP contribution in [0.25, 0.3) is 0 Å². The fourth-order valence-electron chi connectivity index (χ4n) is 2.71. The molecule has 1 atom stereocenters. The quantitative estimate of drug-likeness (QED) is 0.898. The van der Waals surface area contributed by atoms with Crippen molar-refractivity contribution in [2.24, 2.45) is 0 Å². The minimum Gasteiger partial charge on any atom is -0.336 e. The van der Waals surface area contributed by atoms with Gasteiger partial charge in [0, 0.05) is 25.2 Å². The summed E-state index contributed by atoms with van der Waals surface area (Å²) >= 11 is 1.54. The summed E-state index contributed by atoms with van der Waals surface area (Å²) in [4.78, 5) is 15.2. The molecule has 1 N–H and O–H groups in total. The van der Waals surface area contributed by atoms with Gasteiger partial charge in [0.25, 0.3) is 5.91 Å². The summed E-state index contributed by atoms with van der Waals surface area (Å²) in [5.41, 5.74) is 0. The number of thiophene rings is 1. The van der Waals surface area contributed by atoms with Crippen LogP contribution in [0.15, 0.2) is 17.5 Å². The van der Waals surface area contributed by atoms with Gasteiger partial charge >= 0.3 is 0 Å². The van der Waals surface area contributed by atoms with Crippen LogP contribution in [0.4, 0.5) is 0 Å². The molecule has 0 saturated carbocycles. The highest BCUT2D eigenvalue weighted by Gasteiger charge is 2.25. The van der Waals surface area contributed by atoms with Gasteiger partial charge in [-0.25, -0.2) is 0 Å². The number of nitrogens with one attached hydrogen (secondary N) is 1. The van der Waals surface area contributed by atoms with Crippen LogP contribution in [0.3, 0.4) is 0 Å². The number of carbonyl (C=O) groups excluding carboxylic acids is 1. The summed E-state index contributed by atoms with van der Waals surface area (Å²) in [7, 11) is 0. The van der Waals surface area contributed by atoms with Gasteiger partial charge in [-0.15, -0.1) is 11.3 Å². The fraction of sp³-hybridized carbons (Fsp3) is 0.667. The van der Waals surface area contributed by atoms with Crippen molar-refractivity contribution in [3.8, 4) is 0 Å². The van der Waals surface area contributed by atoms with Gasteiger partial charge in [-0.3, -0.25) is 4.79 Å². The zero-order chi connectivity index (χ0) is 13.7. The van der Waals surface area contributed by atoms with E-state index >= 15 is 0 Å². The topological polar surface area (TPSA) is 32.3 Å². The highest BCUT2D eigenvalue weighted by molar-refractivity contribution is 7.12. The molecule has 1 aromatic rings. The van der Waals surface area contributed by atoms with E-state index in [1.807, 2.05) is 22.4 Å². The third-order valence-corrected chi connectivity index (χ3v) is 4.76.